The first-order valence-corrected chi connectivity index (χ1v) is 7.60. The van der Waals surface area contributed by atoms with Crippen LogP contribution in [0.2, 0.25) is 0 Å². The van der Waals surface area contributed by atoms with Crippen LogP contribution in [-0.2, 0) is 0 Å². The van der Waals surface area contributed by atoms with Crippen molar-refractivity contribution in [1.29, 1.82) is 0 Å². The monoisotopic (exact) mass is 301 g/mol. The Kier molecular flexibility index (Phi) is 5.33. The second kappa shape index (κ2) is 7.22. The van der Waals surface area contributed by atoms with Gasteiger partial charge in [0.1, 0.15) is 5.75 Å². The third-order valence-electron chi connectivity index (χ3n) is 3.49. The molecule has 1 aromatic heterocycles. The summed E-state index contributed by atoms with van der Waals surface area (Å²) >= 11 is 0. The lowest BCUT2D eigenvalue weighted by molar-refractivity contribution is 0.317. The molecule has 0 saturated heterocycles. The van der Waals surface area contributed by atoms with Gasteiger partial charge in [-0.15, -0.1) is 0 Å². The van der Waals surface area contributed by atoms with Crippen LogP contribution in [0.1, 0.15) is 56.0 Å². The summed E-state index contributed by atoms with van der Waals surface area (Å²) < 4.78 is 5.55. The van der Waals surface area contributed by atoms with Gasteiger partial charge < -0.3 is 10.5 Å². The molecule has 0 radical (unpaired) electrons. The molecule has 0 aliphatic rings. The molecule has 0 fully saturated rings. The highest BCUT2D eigenvalue weighted by molar-refractivity contribution is 5.34. The van der Waals surface area contributed by atoms with Gasteiger partial charge in [-0.05, 0) is 36.1 Å². The third-order valence-corrected chi connectivity index (χ3v) is 3.49. The van der Waals surface area contributed by atoms with E-state index in [1.807, 2.05) is 38.1 Å². The average Bonchev–Trinajstić information content (AvgIpc) is 2.53. The van der Waals surface area contributed by atoms with Gasteiger partial charge in [-0.3, -0.25) is 4.79 Å². The maximum absolute atomic E-state index is 12.0. The summed E-state index contributed by atoms with van der Waals surface area (Å²) in [5, 5.41) is 6.58. The normalized spacial score (nSPS) is 12.4. The predicted molar refractivity (Wildman–Crippen MR) is 87.2 cm³/mol. The molecule has 2 rings (SSSR count). The minimum absolute atomic E-state index is 0.229. The largest absolute Gasteiger partial charge is 0.494 e. The van der Waals surface area contributed by atoms with Gasteiger partial charge in [-0.25, -0.2) is 5.10 Å². The van der Waals surface area contributed by atoms with Gasteiger partial charge in [0.05, 0.1) is 18.3 Å². The number of nitrogens with two attached hydrogens (primary N) is 1. The molecule has 0 aliphatic carbocycles. The quantitative estimate of drug-likeness (QED) is 0.859. The van der Waals surface area contributed by atoms with Crippen molar-refractivity contribution in [2.45, 2.75) is 39.2 Å². The molecule has 1 heterocycles. The van der Waals surface area contributed by atoms with Gasteiger partial charge in [-0.1, -0.05) is 32.9 Å². The molecule has 1 unspecified atom stereocenters. The van der Waals surface area contributed by atoms with Crippen molar-refractivity contribution in [2.75, 3.05) is 6.61 Å². The summed E-state index contributed by atoms with van der Waals surface area (Å²) in [7, 11) is 0. The van der Waals surface area contributed by atoms with Crippen LogP contribution >= 0.6 is 0 Å². The zero-order valence-electron chi connectivity index (χ0n) is 13.3. The van der Waals surface area contributed by atoms with Crippen LogP contribution in [0.25, 0.3) is 0 Å². The minimum Gasteiger partial charge on any atom is -0.494 e. The summed E-state index contributed by atoms with van der Waals surface area (Å²) in [5.74, 6) is 1.04. The molecule has 0 saturated carbocycles. The van der Waals surface area contributed by atoms with Crippen molar-refractivity contribution < 1.29 is 4.74 Å². The van der Waals surface area contributed by atoms with Gasteiger partial charge in [0.15, 0.2) is 0 Å². The first kappa shape index (κ1) is 16.2. The second-order valence-corrected chi connectivity index (χ2v) is 5.63. The van der Waals surface area contributed by atoms with Crippen LogP contribution in [0.5, 0.6) is 5.75 Å². The summed E-state index contributed by atoms with van der Waals surface area (Å²) in [6, 6.07) is 8.85. The lowest BCUT2D eigenvalue weighted by Gasteiger charge is -2.14. The van der Waals surface area contributed by atoms with Gasteiger partial charge >= 0.3 is 0 Å². The highest BCUT2D eigenvalue weighted by Gasteiger charge is 2.15. The first-order valence-electron chi connectivity index (χ1n) is 7.60. The number of H-pyrrole nitrogens is 1. The van der Waals surface area contributed by atoms with Crippen LogP contribution in [0.3, 0.4) is 0 Å². The van der Waals surface area contributed by atoms with Gasteiger partial charge in [0, 0.05) is 5.56 Å². The van der Waals surface area contributed by atoms with E-state index >= 15 is 0 Å². The number of nitrogens with one attached hydrogen (secondary N) is 1. The van der Waals surface area contributed by atoms with E-state index in [0.29, 0.717) is 12.2 Å². The summed E-state index contributed by atoms with van der Waals surface area (Å²) in [6.45, 7) is 6.80. The molecule has 5 nitrogen and oxygen atoms in total. The molecule has 0 amide bonds. The van der Waals surface area contributed by atoms with Crippen LogP contribution in [0.4, 0.5) is 0 Å². The van der Waals surface area contributed by atoms with Crippen LogP contribution in [0.15, 0.2) is 35.1 Å². The fourth-order valence-electron chi connectivity index (χ4n) is 2.13. The average molecular weight is 301 g/mol. The fourth-order valence-corrected chi connectivity index (χ4v) is 2.13. The van der Waals surface area contributed by atoms with Crippen molar-refractivity contribution in [3.8, 4) is 5.75 Å². The summed E-state index contributed by atoms with van der Waals surface area (Å²) in [6.07, 6.45) is 0.964. The molecular formula is C17H23N3O2. The topological polar surface area (TPSA) is 81.0 Å². The number of aromatic amines is 1. The molecule has 2 aromatic rings. The van der Waals surface area contributed by atoms with Crippen LogP contribution < -0.4 is 16.0 Å². The number of aromatic nitrogens is 2. The highest BCUT2D eigenvalue weighted by atomic mass is 16.5. The molecule has 5 heteroatoms. The highest BCUT2D eigenvalue weighted by Crippen LogP contribution is 2.21. The first-order chi connectivity index (χ1) is 10.5. The SMILES string of the molecule is CCCOc1ccc(C(N)c2cc(C(C)C)n[nH]c2=O)cc1. The Hall–Kier alpha value is -2.14. The Morgan fingerprint density at radius 3 is 2.55 bits per heavy atom. The van der Waals surface area contributed by atoms with Crippen molar-refractivity contribution in [3.05, 3.63) is 57.5 Å². The molecule has 3 N–H and O–H groups in total. The third kappa shape index (κ3) is 3.74. The molecule has 1 atom stereocenters. The Morgan fingerprint density at radius 1 is 1.27 bits per heavy atom. The van der Waals surface area contributed by atoms with Crippen molar-refractivity contribution >= 4 is 0 Å². The lowest BCUT2D eigenvalue weighted by atomic mass is 9.99. The molecule has 0 aliphatic heterocycles. The Morgan fingerprint density at radius 2 is 1.95 bits per heavy atom. The fraction of sp³-hybridized carbons (Fsp3) is 0.412. The van der Waals surface area contributed by atoms with Crippen LogP contribution in [0, 0.1) is 0 Å². The molecular weight excluding hydrogens is 278 g/mol. The van der Waals surface area contributed by atoms with Crippen LogP contribution in [-0.4, -0.2) is 16.8 Å². The van der Waals surface area contributed by atoms with Gasteiger partial charge in [0.25, 0.3) is 5.56 Å². The van der Waals surface area contributed by atoms with Gasteiger partial charge in [0.2, 0.25) is 0 Å². The zero-order chi connectivity index (χ0) is 16.1. The summed E-state index contributed by atoms with van der Waals surface area (Å²) in [4.78, 5) is 12.0. The lowest BCUT2D eigenvalue weighted by Crippen LogP contribution is -2.24. The Labute approximate surface area is 130 Å². The standard InChI is InChI=1S/C17H23N3O2/c1-4-9-22-13-7-5-12(6-8-13)16(18)14-10-15(11(2)3)19-20-17(14)21/h5-8,10-11,16H,4,9,18H2,1-3H3,(H,20,21). The maximum Gasteiger partial charge on any atom is 0.269 e. The molecule has 22 heavy (non-hydrogen) atoms. The van der Waals surface area contributed by atoms with Crippen molar-refractivity contribution in [3.63, 3.8) is 0 Å². The predicted octanol–water partition coefficient (Wildman–Crippen LogP) is 2.73. The molecule has 1 aromatic carbocycles. The number of nitrogens with zero attached hydrogens (tertiary/aromatic N) is 1. The van der Waals surface area contributed by atoms with E-state index in [9.17, 15) is 4.79 Å². The minimum atomic E-state index is -0.482. The Balaban J connectivity index is 2.25. The second-order valence-electron chi connectivity index (χ2n) is 5.63. The number of ether oxygens (including phenoxy) is 1. The van der Waals surface area contributed by atoms with E-state index < -0.39 is 6.04 Å². The van der Waals surface area contributed by atoms with Gasteiger partial charge in [-0.2, -0.15) is 5.10 Å². The molecule has 0 bridgehead atoms. The number of rotatable bonds is 6. The zero-order valence-corrected chi connectivity index (χ0v) is 13.3. The summed E-state index contributed by atoms with van der Waals surface area (Å²) in [5.41, 5.74) is 8.23. The smallest absolute Gasteiger partial charge is 0.269 e. The van der Waals surface area contributed by atoms with Crippen molar-refractivity contribution in [1.82, 2.24) is 10.2 Å². The van der Waals surface area contributed by atoms with Crippen molar-refractivity contribution in [2.24, 2.45) is 5.73 Å². The van der Waals surface area contributed by atoms with E-state index in [1.54, 1.807) is 6.07 Å². The van der Waals surface area contributed by atoms with E-state index in [-0.39, 0.29) is 11.5 Å². The molecule has 118 valence electrons. The number of hydrogen-bond donors (Lipinski definition) is 2. The number of hydrogen-bond acceptors (Lipinski definition) is 4. The van der Waals surface area contributed by atoms with E-state index in [0.717, 1.165) is 23.4 Å². The molecule has 0 spiro atoms. The van der Waals surface area contributed by atoms with E-state index in [1.165, 1.54) is 0 Å². The maximum atomic E-state index is 12.0. The van der Waals surface area contributed by atoms with E-state index in [2.05, 4.69) is 17.1 Å². The Bertz CT molecular complexity index is 662. The van der Waals surface area contributed by atoms with E-state index in [4.69, 9.17) is 10.5 Å². The number of benzene rings is 1.